The number of hydrogen-bond donors (Lipinski definition) is 0. The van der Waals surface area contributed by atoms with Gasteiger partial charge in [-0.3, -0.25) is 14.6 Å². The van der Waals surface area contributed by atoms with E-state index in [0.717, 1.165) is 6.42 Å². The van der Waals surface area contributed by atoms with Crippen LogP contribution in [0.25, 0.3) is 0 Å². The van der Waals surface area contributed by atoms with E-state index in [-0.39, 0.29) is 11.8 Å². The Morgan fingerprint density at radius 2 is 1.77 bits per heavy atom. The second-order valence-electron chi connectivity index (χ2n) is 5.16. The molecule has 6 nitrogen and oxygen atoms in total. The number of nitrogens with zero attached hydrogens (tertiary/aromatic N) is 3. The second-order valence-corrected chi connectivity index (χ2v) is 5.16. The van der Waals surface area contributed by atoms with Crippen molar-refractivity contribution in [2.24, 2.45) is 0 Å². The van der Waals surface area contributed by atoms with Crippen molar-refractivity contribution in [3.63, 3.8) is 0 Å². The van der Waals surface area contributed by atoms with Gasteiger partial charge in [-0.1, -0.05) is 0 Å². The molecule has 0 unspecified atom stereocenters. The molecule has 1 saturated heterocycles. The highest BCUT2D eigenvalue weighted by Gasteiger charge is 2.24. The van der Waals surface area contributed by atoms with Gasteiger partial charge < -0.3 is 14.2 Å². The van der Waals surface area contributed by atoms with Crippen molar-refractivity contribution in [3.05, 3.63) is 54.2 Å². The van der Waals surface area contributed by atoms with Crippen molar-refractivity contribution in [2.45, 2.75) is 6.42 Å². The van der Waals surface area contributed by atoms with Crippen LogP contribution in [0.2, 0.25) is 0 Å². The topological polar surface area (TPSA) is 66.7 Å². The molecule has 0 aliphatic carbocycles. The van der Waals surface area contributed by atoms with Crippen LogP contribution >= 0.6 is 0 Å². The van der Waals surface area contributed by atoms with Crippen LogP contribution < -0.4 is 0 Å². The average molecular weight is 299 g/mol. The van der Waals surface area contributed by atoms with Crippen LogP contribution in [0.5, 0.6) is 0 Å². The third-order valence-electron chi connectivity index (χ3n) is 3.71. The molecule has 114 valence electrons. The number of furan rings is 1. The van der Waals surface area contributed by atoms with Crippen LogP contribution in [0.1, 0.15) is 27.3 Å². The molecule has 0 radical (unpaired) electrons. The van der Waals surface area contributed by atoms with Gasteiger partial charge in [-0.05, 0) is 30.7 Å². The molecule has 3 rings (SSSR count). The van der Waals surface area contributed by atoms with Gasteiger partial charge in [-0.25, -0.2) is 0 Å². The van der Waals surface area contributed by atoms with E-state index in [1.54, 1.807) is 46.5 Å². The molecule has 0 N–H and O–H groups in total. The highest BCUT2D eigenvalue weighted by Crippen LogP contribution is 2.12. The van der Waals surface area contributed by atoms with E-state index in [4.69, 9.17) is 4.42 Å². The van der Waals surface area contributed by atoms with E-state index in [1.807, 2.05) is 0 Å². The highest BCUT2D eigenvalue weighted by atomic mass is 16.3. The zero-order valence-corrected chi connectivity index (χ0v) is 12.1. The largest absolute Gasteiger partial charge is 0.459 e. The zero-order valence-electron chi connectivity index (χ0n) is 12.1. The number of pyridine rings is 1. The van der Waals surface area contributed by atoms with E-state index >= 15 is 0 Å². The van der Waals surface area contributed by atoms with Gasteiger partial charge in [-0.2, -0.15) is 0 Å². The van der Waals surface area contributed by atoms with E-state index in [9.17, 15) is 9.59 Å². The lowest BCUT2D eigenvalue weighted by Crippen LogP contribution is -2.37. The summed E-state index contributed by atoms with van der Waals surface area (Å²) < 4.78 is 5.15. The summed E-state index contributed by atoms with van der Waals surface area (Å²) in [4.78, 5) is 32.2. The lowest BCUT2D eigenvalue weighted by molar-refractivity contribution is 0.0700. The monoisotopic (exact) mass is 299 g/mol. The van der Waals surface area contributed by atoms with Gasteiger partial charge in [0.05, 0.1) is 11.8 Å². The molecule has 22 heavy (non-hydrogen) atoms. The summed E-state index contributed by atoms with van der Waals surface area (Å²) in [6, 6.07) is 6.86. The van der Waals surface area contributed by atoms with Crippen LogP contribution in [0.3, 0.4) is 0 Å². The van der Waals surface area contributed by atoms with Gasteiger partial charge in [0.1, 0.15) is 0 Å². The minimum absolute atomic E-state index is 0.0413. The molecule has 6 heteroatoms. The third kappa shape index (κ3) is 3.00. The molecule has 2 aromatic rings. The zero-order chi connectivity index (χ0) is 15.4. The second kappa shape index (κ2) is 6.43. The average Bonchev–Trinajstić information content (AvgIpc) is 2.99. The summed E-state index contributed by atoms with van der Waals surface area (Å²) in [5.41, 5.74) is 0.577. The summed E-state index contributed by atoms with van der Waals surface area (Å²) >= 11 is 0. The maximum atomic E-state index is 12.4. The molecule has 1 fully saturated rings. The summed E-state index contributed by atoms with van der Waals surface area (Å²) in [5.74, 6) is 0.174. The van der Waals surface area contributed by atoms with Crippen LogP contribution in [0, 0.1) is 0 Å². The third-order valence-corrected chi connectivity index (χ3v) is 3.71. The molecule has 0 aromatic carbocycles. The Morgan fingerprint density at radius 1 is 1.00 bits per heavy atom. The predicted octanol–water partition coefficient (Wildman–Crippen LogP) is 1.66. The summed E-state index contributed by atoms with van der Waals surface area (Å²) in [6.07, 6.45) is 5.45. The Morgan fingerprint density at radius 3 is 2.41 bits per heavy atom. The lowest BCUT2D eigenvalue weighted by Gasteiger charge is -2.21. The molecule has 2 aromatic heterocycles. The maximum absolute atomic E-state index is 12.4. The van der Waals surface area contributed by atoms with Crippen LogP contribution in [0.15, 0.2) is 47.3 Å². The number of carbonyl (C=O) groups excluding carboxylic acids is 2. The molecular weight excluding hydrogens is 282 g/mol. The van der Waals surface area contributed by atoms with Crippen molar-refractivity contribution in [1.82, 2.24) is 14.8 Å². The smallest absolute Gasteiger partial charge is 0.289 e. The van der Waals surface area contributed by atoms with E-state index in [2.05, 4.69) is 4.98 Å². The van der Waals surface area contributed by atoms with Crippen molar-refractivity contribution in [3.8, 4) is 0 Å². The molecule has 1 aliphatic rings. The molecular formula is C16H17N3O3. The van der Waals surface area contributed by atoms with Gasteiger partial charge in [-0.15, -0.1) is 0 Å². The van der Waals surface area contributed by atoms with Crippen molar-refractivity contribution in [2.75, 3.05) is 26.2 Å². The van der Waals surface area contributed by atoms with Gasteiger partial charge in [0.2, 0.25) is 0 Å². The maximum Gasteiger partial charge on any atom is 0.289 e. The van der Waals surface area contributed by atoms with Gasteiger partial charge in [0, 0.05) is 38.6 Å². The fourth-order valence-electron chi connectivity index (χ4n) is 2.55. The van der Waals surface area contributed by atoms with E-state index in [0.29, 0.717) is 37.5 Å². The first-order valence-corrected chi connectivity index (χ1v) is 7.28. The molecule has 3 heterocycles. The van der Waals surface area contributed by atoms with Gasteiger partial charge in [0.25, 0.3) is 11.8 Å². The van der Waals surface area contributed by atoms with Crippen LogP contribution in [-0.4, -0.2) is 52.8 Å². The van der Waals surface area contributed by atoms with Gasteiger partial charge in [0.15, 0.2) is 5.76 Å². The Hall–Kier alpha value is -2.63. The molecule has 0 bridgehead atoms. The Kier molecular flexibility index (Phi) is 4.18. The Bertz CT molecular complexity index is 640. The number of rotatable bonds is 2. The van der Waals surface area contributed by atoms with Crippen LogP contribution in [0.4, 0.5) is 0 Å². The molecule has 1 aliphatic heterocycles. The van der Waals surface area contributed by atoms with E-state index < -0.39 is 0 Å². The minimum Gasteiger partial charge on any atom is -0.459 e. The molecule has 2 amide bonds. The Balaban J connectivity index is 1.65. The molecule has 0 spiro atoms. The van der Waals surface area contributed by atoms with E-state index in [1.165, 1.54) is 6.26 Å². The van der Waals surface area contributed by atoms with Crippen molar-refractivity contribution in [1.29, 1.82) is 0 Å². The molecule has 0 saturated carbocycles. The Labute approximate surface area is 128 Å². The predicted molar refractivity (Wildman–Crippen MR) is 79.4 cm³/mol. The highest BCUT2D eigenvalue weighted by molar-refractivity contribution is 5.94. The number of hydrogen-bond acceptors (Lipinski definition) is 4. The number of amides is 2. The van der Waals surface area contributed by atoms with Crippen LogP contribution in [-0.2, 0) is 0 Å². The normalized spacial score (nSPS) is 15.5. The van der Waals surface area contributed by atoms with Crippen molar-refractivity contribution < 1.29 is 14.0 Å². The summed E-state index contributed by atoms with van der Waals surface area (Å²) in [7, 11) is 0. The SMILES string of the molecule is O=C(c1cccnc1)N1CCCN(C(=O)c2ccco2)CC1. The minimum atomic E-state index is -0.124. The fourth-order valence-corrected chi connectivity index (χ4v) is 2.55. The summed E-state index contributed by atoms with van der Waals surface area (Å²) in [6.45, 7) is 2.28. The molecule has 0 atom stereocenters. The van der Waals surface area contributed by atoms with Crippen molar-refractivity contribution >= 4 is 11.8 Å². The fraction of sp³-hybridized carbons (Fsp3) is 0.312. The first-order valence-electron chi connectivity index (χ1n) is 7.28. The first-order chi connectivity index (χ1) is 10.8. The summed E-state index contributed by atoms with van der Waals surface area (Å²) in [5, 5.41) is 0. The quantitative estimate of drug-likeness (QED) is 0.846. The standard InChI is InChI=1S/C16H17N3O3/c20-15(13-4-1-6-17-12-13)18-7-3-8-19(10-9-18)16(21)14-5-2-11-22-14/h1-2,4-6,11-12H,3,7-10H2. The first kappa shape index (κ1) is 14.3. The van der Waals surface area contributed by atoms with Gasteiger partial charge >= 0.3 is 0 Å². The number of carbonyl (C=O) groups is 2. The lowest BCUT2D eigenvalue weighted by atomic mass is 10.2. The number of aromatic nitrogens is 1.